The number of rotatable bonds is 6. The molecule has 30 heavy (non-hydrogen) atoms. The Kier molecular flexibility index (Phi) is 6.04. The van der Waals surface area contributed by atoms with Gasteiger partial charge in [-0.15, -0.1) is 0 Å². The topological polar surface area (TPSA) is 40.5 Å². The zero-order valence-corrected chi connectivity index (χ0v) is 14.0. The van der Waals surface area contributed by atoms with Crippen LogP contribution >= 0.6 is 0 Å². The van der Waals surface area contributed by atoms with Crippen molar-refractivity contribution in [3.05, 3.63) is 24.3 Å². The molecule has 0 fully saturated rings. The molecular formula is C14H8F13NO2. The second-order valence-electron chi connectivity index (χ2n) is 5.75. The summed E-state index contributed by atoms with van der Waals surface area (Å²) in [5, 5.41) is 8.99. The second kappa shape index (κ2) is 7.08. The Hall–Kier alpha value is -2.42. The van der Waals surface area contributed by atoms with Crippen molar-refractivity contribution < 1.29 is 67.0 Å². The number of halogens is 13. The maximum atomic E-state index is 13.8. The first-order valence-corrected chi connectivity index (χ1v) is 7.10. The van der Waals surface area contributed by atoms with E-state index in [1.165, 1.54) is 0 Å². The van der Waals surface area contributed by atoms with E-state index in [9.17, 15) is 61.9 Å². The molecule has 1 amide bonds. The summed E-state index contributed by atoms with van der Waals surface area (Å²) in [4.78, 5) is 11.1. The van der Waals surface area contributed by atoms with E-state index in [4.69, 9.17) is 5.11 Å². The predicted molar refractivity (Wildman–Crippen MR) is 72.3 cm³/mol. The predicted octanol–water partition coefficient (Wildman–Crippen LogP) is 5.09. The highest BCUT2D eigenvalue weighted by Gasteiger charge is 2.91. The molecule has 1 aromatic rings. The lowest BCUT2D eigenvalue weighted by Crippen LogP contribution is -2.72. The van der Waals surface area contributed by atoms with Gasteiger partial charge >= 0.3 is 41.7 Å². The molecule has 0 spiro atoms. The van der Waals surface area contributed by atoms with Gasteiger partial charge in [-0.1, -0.05) is 0 Å². The fourth-order valence-corrected chi connectivity index (χ4v) is 1.91. The highest BCUT2D eigenvalue weighted by atomic mass is 19.4. The van der Waals surface area contributed by atoms with Crippen LogP contribution in [0.25, 0.3) is 0 Å². The van der Waals surface area contributed by atoms with Crippen molar-refractivity contribution >= 4 is 11.6 Å². The highest BCUT2D eigenvalue weighted by Crippen LogP contribution is 2.60. The average Bonchev–Trinajstić information content (AvgIpc) is 2.59. The number of carbonyl (C=O) groups excluding carboxylic acids is 1. The first-order valence-electron chi connectivity index (χ1n) is 7.10. The summed E-state index contributed by atoms with van der Waals surface area (Å²) in [5.74, 6) is -42.5. The Morgan fingerprint density at radius 1 is 0.700 bits per heavy atom. The van der Waals surface area contributed by atoms with Gasteiger partial charge in [0.05, 0.1) is 0 Å². The van der Waals surface area contributed by atoms with E-state index >= 15 is 0 Å². The van der Waals surface area contributed by atoms with Gasteiger partial charge in [0.1, 0.15) is 5.75 Å². The smallest absolute Gasteiger partial charge is 0.460 e. The Morgan fingerprint density at radius 3 is 1.43 bits per heavy atom. The molecule has 172 valence electrons. The van der Waals surface area contributed by atoms with Crippen LogP contribution in [-0.2, 0) is 4.79 Å². The fraction of sp³-hybridized carbons (Fsp3) is 0.500. The number of hydrogen-bond donors (Lipinski definition) is 1. The maximum absolute atomic E-state index is 13.8. The summed E-state index contributed by atoms with van der Waals surface area (Å²) < 4.78 is 169. The van der Waals surface area contributed by atoms with Crippen LogP contribution < -0.4 is 4.90 Å². The minimum atomic E-state index is -8.08. The molecule has 0 radical (unpaired) electrons. The minimum Gasteiger partial charge on any atom is -0.508 e. The lowest BCUT2D eigenvalue weighted by atomic mass is 9.93. The monoisotopic (exact) mass is 469 g/mol. The second-order valence-corrected chi connectivity index (χ2v) is 5.75. The number of benzene rings is 1. The van der Waals surface area contributed by atoms with E-state index in [1.807, 2.05) is 0 Å². The summed E-state index contributed by atoms with van der Waals surface area (Å²) in [7, 11) is 0.249. The molecule has 1 N–H and O–H groups in total. The number of phenolic OH excluding ortho intramolecular Hbond substituents is 1. The number of anilines is 1. The molecule has 0 saturated carbocycles. The van der Waals surface area contributed by atoms with Gasteiger partial charge in [0, 0.05) is 12.7 Å². The van der Waals surface area contributed by atoms with E-state index in [0.717, 1.165) is 0 Å². The van der Waals surface area contributed by atoms with E-state index in [0.29, 0.717) is 24.3 Å². The molecule has 3 nitrogen and oxygen atoms in total. The van der Waals surface area contributed by atoms with Crippen LogP contribution in [0.5, 0.6) is 5.75 Å². The molecular weight excluding hydrogens is 461 g/mol. The van der Waals surface area contributed by atoms with E-state index in [1.54, 1.807) is 0 Å². The Labute approximate surface area is 157 Å². The van der Waals surface area contributed by atoms with Crippen LogP contribution in [0.4, 0.5) is 62.8 Å². The largest absolute Gasteiger partial charge is 0.508 e. The van der Waals surface area contributed by atoms with Gasteiger partial charge in [-0.2, -0.15) is 57.1 Å². The lowest BCUT2D eigenvalue weighted by Gasteiger charge is -2.39. The first-order chi connectivity index (χ1) is 13.1. The van der Waals surface area contributed by atoms with Crippen molar-refractivity contribution in [3.8, 4) is 5.75 Å². The Balaban J connectivity index is 3.47. The summed E-state index contributed by atoms with van der Waals surface area (Å²) >= 11 is 0. The van der Waals surface area contributed by atoms with Crippen molar-refractivity contribution in [1.82, 2.24) is 0 Å². The normalized spacial score (nSPS) is 14.6. The average molecular weight is 469 g/mol. The molecule has 0 aromatic heterocycles. The van der Waals surface area contributed by atoms with Crippen molar-refractivity contribution in [3.63, 3.8) is 0 Å². The molecule has 0 unspecified atom stereocenters. The fourth-order valence-electron chi connectivity index (χ4n) is 1.91. The molecule has 0 aliphatic heterocycles. The van der Waals surface area contributed by atoms with Crippen molar-refractivity contribution in [1.29, 1.82) is 0 Å². The SMILES string of the molecule is CN(C(=O)C(F)(F)C(F)(F)C(F)(F)C(F)(F)C(F)(F)C(F)(F)F)c1ccc(O)cc1. The molecule has 0 saturated heterocycles. The third-order valence-corrected chi connectivity index (χ3v) is 3.74. The minimum absolute atomic E-state index is 0.249. The third-order valence-electron chi connectivity index (χ3n) is 3.74. The van der Waals surface area contributed by atoms with Crippen LogP contribution in [0.2, 0.25) is 0 Å². The number of hydrogen-bond acceptors (Lipinski definition) is 2. The number of amides is 1. The Bertz CT molecular complexity index is 786. The maximum Gasteiger partial charge on any atom is 0.460 e. The molecule has 16 heteroatoms. The van der Waals surface area contributed by atoms with Crippen LogP contribution in [0.1, 0.15) is 0 Å². The number of phenols is 1. The number of aromatic hydroxyl groups is 1. The molecule has 1 rings (SSSR count). The van der Waals surface area contributed by atoms with Crippen LogP contribution in [0, 0.1) is 0 Å². The molecule has 0 heterocycles. The molecule has 0 aliphatic carbocycles. The number of alkyl halides is 13. The van der Waals surface area contributed by atoms with Crippen molar-refractivity contribution in [2.75, 3.05) is 11.9 Å². The number of carbonyl (C=O) groups is 1. The summed E-state index contributed by atoms with van der Waals surface area (Å²) in [6.45, 7) is 0. The third kappa shape index (κ3) is 3.49. The van der Waals surface area contributed by atoms with Gasteiger partial charge in [0.25, 0.3) is 0 Å². The zero-order valence-electron chi connectivity index (χ0n) is 14.0. The van der Waals surface area contributed by atoms with Crippen molar-refractivity contribution in [2.24, 2.45) is 0 Å². The van der Waals surface area contributed by atoms with Crippen LogP contribution in [0.3, 0.4) is 0 Å². The van der Waals surface area contributed by atoms with Gasteiger partial charge in [-0.3, -0.25) is 4.79 Å². The van der Waals surface area contributed by atoms with Gasteiger partial charge in [-0.05, 0) is 24.3 Å². The highest BCUT2D eigenvalue weighted by molar-refractivity contribution is 5.98. The van der Waals surface area contributed by atoms with Gasteiger partial charge in [0.15, 0.2) is 0 Å². The summed E-state index contributed by atoms with van der Waals surface area (Å²) in [6.07, 6.45) is -7.53. The quantitative estimate of drug-likeness (QED) is 0.590. The van der Waals surface area contributed by atoms with E-state index < -0.39 is 58.0 Å². The van der Waals surface area contributed by atoms with E-state index in [-0.39, 0.29) is 7.05 Å². The van der Waals surface area contributed by atoms with Crippen LogP contribution in [-0.4, -0.2) is 53.9 Å². The number of nitrogens with zero attached hydrogens (tertiary/aromatic N) is 1. The van der Waals surface area contributed by atoms with E-state index in [2.05, 4.69) is 0 Å². The van der Waals surface area contributed by atoms with Crippen molar-refractivity contribution in [2.45, 2.75) is 35.8 Å². The Morgan fingerprint density at radius 2 is 1.07 bits per heavy atom. The first kappa shape index (κ1) is 25.6. The standard InChI is InChI=1S/C14H8F13NO2/c1-28(6-2-4-7(29)5-3-6)8(30)9(15,16)10(17,18)11(19,20)12(21,22)13(23,24)14(25,26)27/h2-5,29H,1H3. The molecule has 0 atom stereocenters. The molecule has 1 aromatic carbocycles. The van der Waals surface area contributed by atoms with Gasteiger partial charge < -0.3 is 10.0 Å². The van der Waals surface area contributed by atoms with Crippen LogP contribution in [0.15, 0.2) is 24.3 Å². The summed E-state index contributed by atoms with van der Waals surface area (Å²) in [5.41, 5.74) is -0.788. The molecule has 0 bridgehead atoms. The van der Waals surface area contributed by atoms with Gasteiger partial charge in [-0.25, -0.2) is 0 Å². The molecule has 0 aliphatic rings. The van der Waals surface area contributed by atoms with Gasteiger partial charge in [0.2, 0.25) is 0 Å². The summed E-state index contributed by atoms with van der Waals surface area (Å²) in [6, 6.07) is 2.60. The lowest BCUT2D eigenvalue weighted by molar-refractivity contribution is -0.436. The zero-order chi connectivity index (χ0) is 24.1.